The lowest BCUT2D eigenvalue weighted by molar-refractivity contribution is -0.327. The van der Waals surface area contributed by atoms with Gasteiger partial charge in [0.25, 0.3) is 0 Å². The van der Waals surface area contributed by atoms with Crippen molar-refractivity contribution in [3.63, 3.8) is 0 Å². The predicted octanol–water partition coefficient (Wildman–Crippen LogP) is 3.87. The van der Waals surface area contributed by atoms with Gasteiger partial charge in [-0.15, -0.1) is 0 Å². The molecule has 154 valence electrons. The summed E-state index contributed by atoms with van der Waals surface area (Å²) in [7, 11) is 0. The highest BCUT2D eigenvalue weighted by molar-refractivity contribution is 5.81. The van der Waals surface area contributed by atoms with Crippen molar-refractivity contribution < 1.29 is 72.5 Å². The average Bonchev–Trinajstić information content (AvgIpc) is 2.25. The molecule has 0 bridgehead atoms. The van der Waals surface area contributed by atoms with Gasteiger partial charge in [-0.3, -0.25) is 9.59 Å². The molecular weight excluding hydrogens is 412 g/mol. The summed E-state index contributed by atoms with van der Waals surface area (Å²) in [6.07, 6.45) is -26.8. The van der Waals surface area contributed by atoms with Crippen LogP contribution in [-0.2, 0) is 9.59 Å². The molecule has 0 fully saturated rings. The Morgan fingerprint density at radius 3 is 0.731 bits per heavy atom. The molecule has 0 aliphatic heterocycles. The van der Waals surface area contributed by atoms with Crippen LogP contribution in [0.25, 0.3) is 0 Å². The van der Waals surface area contributed by atoms with E-state index in [1.807, 2.05) is 0 Å². The lowest BCUT2D eigenvalue weighted by Gasteiger charge is -2.36. The van der Waals surface area contributed by atoms with Gasteiger partial charge >= 0.3 is 36.6 Å². The average molecular weight is 418 g/mol. The molecule has 0 heterocycles. The summed E-state index contributed by atoms with van der Waals surface area (Å²) in [5, 5.41) is 16.9. The van der Waals surface area contributed by atoms with Gasteiger partial charge in [0.15, 0.2) is 11.8 Å². The van der Waals surface area contributed by atoms with E-state index < -0.39 is 60.3 Å². The maximum absolute atomic E-state index is 12.6. The predicted molar refractivity (Wildman–Crippen MR) is 53.5 cm³/mol. The first-order valence-electron chi connectivity index (χ1n) is 5.86. The number of hydrogen-bond acceptors (Lipinski definition) is 2. The van der Waals surface area contributed by atoms with Gasteiger partial charge in [-0.05, 0) is 0 Å². The van der Waals surface area contributed by atoms with Gasteiger partial charge in [-0.1, -0.05) is 0 Å². The first kappa shape index (κ1) is 24.1. The molecule has 0 saturated carbocycles. The zero-order valence-corrected chi connectivity index (χ0v) is 11.6. The standard InChI is InChI=1S/C10H6F12O4/c11-7(12,13)3(8(14,15)16)1(5(23)24)2(6(25)26)4(9(17,18)19)10(20,21)22/h1-4H,(H,23,24)(H,25,26)/t1-,2-/m1/s1. The van der Waals surface area contributed by atoms with E-state index in [1.165, 1.54) is 0 Å². The molecule has 0 radical (unpaired) electrons. The van der Waals surface area contributed by atoms with Crippen molar-refractivity contribution >= 4 is 11.9 Å². The fourth-order valence-corrected chi connectivity index (χ4v) is 2.19. The summed E-state index contributed by atoms with van der Waals surface area (Å²) in [5.41, 5.74) is 0. The number of carbonyl (C=O) groups is 2. The van der Waals surface area contributed by atoms with Gasteiger partial charge in [0.05, 0.1) is 11.8 Å². The van der Waals surface area contributed by atoms with E-state index in [4.69, 9.17) is 10.2 Å². The minimum absolute atomic E-state index is 3.45. The quantitative estimate of drug-likeness (QED) is 0.665. The monoisotopic (exact) mass is 418 g/mol. The Morgan fingerprint density at radius 1 is 0.500 bits per heavy atom. The van der Waals surface area contributed by atoms with Gasteiger partial charge in [-0.25, -0.2) is 0 Å². The Hall–Kier alpha value is -1.90. The number of halogens is 12. The molecule has 0 amide bonds. The smallest absolute Gasteiger partial charge is 0.401 e. The van der Waals surface area contributed by atoms with Crippen LogP contribution in [0, 0.1) is 23.7 Å². The van der Waals surface area contributed by atoms with Crippen LogP contribution >= 0.6 is 0 Å². The summed E-state index contributed by atoms with van der Waals surface area (Å²) in [6.45, 7) is 0. The third kappa shape index (κ3) is 5.55. The molecule has 0 aromatic heterocycles. The second kappa shape index (κ2) is 7.02. The highest BCUT2D eigenvalue weighted by Gasteiger charge is 2.71. The maximum atomic E-state index is 12.6. The van der Waals surface area contributed by atoms with E-state index in [0.29, 0.717) is 0 Å². The van der Waals surface area contributed by atoms with Crippen LogP contribution in [0.15, 0.2) is 0 Å². The molecule has 0 aromatic carbocycles. The molecule has 0 rings (SSSR count). The molecule has 0 aromatic rings. The van der Waals surface area contributed by atoms with Crippen LogP contribution in [0.2, 0.25) is 0 Å². The topological polar surface area (TPSA) is 74.6 Å². The van der Waals surface area contributed by atoms with Crippen molar-refractivity contribution in [3.8, 4) is 0 Å². The number of rotatable bonds is 5. The van der Waals surface area contributed by atoms with Gasteiger partial charge in [0.2, 0.25) is 0 Å². The fourth-order valence-electron chi connectivity index (χ4n) is 2.19. The molecule has 4 nitrogen and oxygen atoms in total. The van der Waals surface area contributed by atoms with Crippen LogP contribution in [-0.4, -0.2) is 46.9 Å². The minimum atomic E-state index is -6.70. The second-order valence-electron chi connectivity index (χ2n) is 4.85. The first-order valence-corrected chi connectivity index (χ1v) is 5.86. The third-order valence-corrected chi connectivity index (χ3v) is 3.09. The maximum Gasteiger partial charge on any atom is 0.401 e. The zero-order valence-electron chi connectivity index (χ0n) is 11.6. The lowest BCUT2D eigenvalue weighted by Crippen LogP contribution is -2.55. The third-order valence-electron chi connectivity index (χ3n) is 3.09. The summed E-state index contributed by atoms with van der Waals surface area (Å²) in [6, 6.07) is 0. The van der Waals surface area contributed by atoms with E-state index in [2.05, 4.69) is 0 Å². The molecule has 16 heteroatoms. The van der Waals surface area contributed by atoms with Crippen molar-refractivity contribution in [2.75, 3.05) is 0 Å². The van der Waals surface area contributed by atoms with Gasteiger partial charge < -0.3 is 10.2 Å². The molecular formula is C10H6F12O4. The highest BCUT2D eigenvalue weighted by atomic mass is 19.4. The van der Waals surface area contributed by atoms with Crippen molar-refractivity contribution in [1.82, 2.24) is 0 Å². The molecule has 0 aliphatic rings. The number of aliphatic carboxylic acids is 2. The van der Waals surface area contributed by atoms with E-state index in [1.54, 1.807) is 0 Å². The van der Waals surface area contributed by atoms with Gasteiger partial charge in [0.1, 0.15) is 0 Å². The number of alkyl halides is 12. The summed E-state index contributed by atoms with van der Waals surface area (Å²) < 4.78 is 151. The summed E-state index contributed by atoms with van der Waals surface area (Å²) in [4.78, 5) is 21.5. The SMILES string of the molecule is O=C(O)[C@@H](C(C(F)(F)F)C(F)(F)F)[C@@H](C(=O)O)C(C(F)(F)F)C(F)(F)F. The van der Waals surface area contributed by atoms with Crippen LogP contribution in [0.3, 0.4) is 0 Å². The first-order chi connectivity index (χ1) is 11.1. The van der Waals surface area contributed by atoms with Crippen molar-refractivity contribution in [3.05, 3.63) is 0 Å². The zero-order chi connectivity index (χ0) is 21.5. The Kier molecular flexibility index (Phi) is 6.50. The Morgan fingerprint density at radius 2 is 0.654 bits per heavy atom. The molecule has 0 saturated heterocycles. The molecule has 0 unspecified atom stereocenters. The molecule has 26 heavy (non-hydrogen) atoms. The van der Waals surface area contributed by atoms with Crippen molar-refractivity contribution in [2.45, 2.75) is 24.7 Å². The summed E-state index contributed by atoms with van der Waals surface area (Å²) in [5.74, 6) is -26.8. The van der Waals surface area contributed by atoms with Crippen LogP contribution in [0.1, 0.15) is 0 Å². The van der Waals surface area contributed by atoms with Gasteiger partial charge in [-0.2, -0.15) is 52.7 Å². The van der Waals surface area contributed by atoms with E-state index in [9.17, 15) is 62.3 Å². The van der Waals surface area contributed by atoms with Crippen LogP contribution < -0.4 is 0 Å². The molecule has 2 N–H and O–H groups in total. The fraction of sp³-hybridized carbons (Fsp3) is 0.800. The van der Waals surface area contributed by atoms with Crippen LogP contribution in [0.5, 0.6) is 0 Å². The lowest BCUT2D eigenvalue weighted by atomic mass is 9.73. The molecule has 0 aliphatic carbocycles. The Balaban J connectivity index is 6.78. The summed E-state index contributed by atoms with van der Waals surface area (Å²) >= 11 is 0. The van der Waals surface area contributed by atoms with E-state index in [-0.39, 0.29) is 0 Å². The Labute approximate surface area is 134 Å². The normalized spacial score (nSPS) is 16.7. The molecule has 0 spiro atoms. The van der Waals surface area contributed by atoms with Crippen molar-refractivity contribution in [1.29, 1.82) is 0 Å². The second-order valence-corrected chi connectivity index (χ2v) is 4.85. The Bertz CT molecular complexity index is 452. The van der Waals surface area contributed by atoms with E-state index >= 15 is 0 Å². The van der Waals surface area contributed by atoms with Crippen molar-refractivity contribution in [2.24, 2.45) is 23.7 Å². The highest BCUT2D eigenvalue weighted by Crippen LogP contribution is 2.52. The number of carboxylic acids is 2. The minimum Gasteiger partial charge on any atom is -0.481 e. The molecule has 2 atom stereocenters. The largest absolute Gasteiger partial charge is 0.481 e. The number of carboxylic acid groups (broad SMARTS) is 2. The van der Waals surface area contributed by atoms with Gasteiger partial charge in [0, 0.05) is 0 Å². The number of hydrogen-bond donors (Lipinski definition) is 2. The van der Waals surface area contributed by atoms with E-state index in [0.717, 1.165) is 0 Å². The van der Waals surface area contributed by atoms with Crippen LogP contribution in [0.4, 0.5) is 52.7 Å².